The zero-order valence-electron chi connectivity index (χ0n) is 14.8. The molecule has 8 heteroatoms. The van der Waals surface area contributed by atoms with Gasteiger partial charge in [0.2, 0.25) is 0 Å². The van der Waals surface area contributed by atoms with Crippen LogP contribution in [0.15, 0.2) is 60.1 Å². The average Bonchev–Trinajstić information content (AvgIpc) is 3.09. The summed E-state index contributed by atoms with van der Waals surface area (Å²) in [5.41, 5.74) is 2.04. The van der Waals surface area contributed by atoms with Crippen molar-refractivity contribution in [2.24, 2.45) is 4.99 Å². The second-order valence-electron chi connectivity index (χ2n) is 5.47. The van der Waals surface area contributed by atoms with Crippen molar-refractivity contribution in [1.82, 2.24) is 30.2 Å². The van der Waals surface area contributed by atoms with Gasteiger partial charge in [-0.1, -0.05) is 12.1 Å². The molecule has 0 fully saturated rings. The zero-order chi connectivity index (χ0) is 17.5. The number of aliphatic imine (C=N–C) groups is 1. The summed E-state index contributed by atoms with van der Waals surface area (Å²) in [6, 6.07) is 9.87. The zero-order valence-corrected chi connectivity index (χ0v) is 17.1. The Morgan fingerprint density at radius 1 is 1.04 bits per heavy atom. The molecule has 136 valence electrons. The van der Waals surface area contributed by atoms with Crippen molar-refractivity contribution >= 4 is 29.9 Å². The fourth-order valence-corrected chi connectivity index (χ4v) is 2.37. The summed E-state index contributed by atoms with van der Waals surface area (Å²) in [5, 5.41) is 6.51. The second kappa shape index (κ2) is 9.85. The molecule has 0 atom stereocenters. The highest BCUT2D eigenvalue weighted by atomic mass is 127. The number of imidazole rings is 1. The quantitative estimate of drug-likeness (QED) is 0.345. The van der Waals surface area contributed by atoms with Gasteiger partial charge in [0.05, 0.1) is 12.2 Å². The minimum Gasteiger partial charge on any atom is -0.352 e. The molecule has 0 amide bonds. The maximum atomic E-state index is 4.49. The Labute approximate surface area is 170 Å². The normalized spacial score (nSPS) is 10.9. The molecule has 0 unspecified atom stereocenters. The Kier molecular flexibility index (Phi) is 7.52. The Morgan fingerprint density at radius 3 is 2.50 bits per heavy atom. The van der Waals surface area contributed by atoms with E-state index in [0.29, 0.717) is 13.1 Å². The van der Waals surface area contributed by atoms with Crippen molar-refractivity contribution < 1.29 is 0 Å². The van der Waals surface area contributed by atoms with Crippen LogP contribution in [0.4, 0.5) is 0 Å². The molecule has 0 saturated carbocycles. The minimum atomic E-state index is 0. The topological polar surface area (TPSA) is 80.0 Å². The van der Waals surface area contributed by atoms with Crippen molar-refractivity contribution in [3.05, 3.63) is 72.2 Å². The SMILES string of the molecule is CN=C(NCc1ccc(-n2ccnc2C)nc1)NCc1ccccn1.I. The van der Waals surface area contributed by atoms with E-state index in [2.05, 4.69) is 30.6 Å². The summed E-state index contributed by atoms with van der Waals surface area (Å²) in [4.78, 5) is 17.2. The lowest BCUT2D eigenvalue weighted by molar-refractivity contribution is 0.791. The number of guanidine groups is 1. The lowest BCUT2D eigenvalue weighted by Gasteiger charge is -2.12. The average molecular weight is 463 g/mol. The third-order valence-electron chi connectivity index (χ3n) is 3.73. The summed E-state index contributed by atoms with van der Waals surface area (Å²) in [6.45, 7) is 3.21. The van der Waals surface area contributed by atoms with Crippen molar-refractivity contribution in [2.45, 2.75) is 20.0 Å². The highest BCUT2D eigenvalue weighted by molar-refractivity contribution is 14.0. The van der Waals surface area contributed by atoms with Crippen LogP contribution in [0.3, 0.4) is 0 Å². The molecule has 3 aromatic heterocycles. The summed E-state index contributed by atoms with van der Waals surface area (Å²) in [5.74, 6) is 2.49. The van der Waals surface area contributed by atoms with Gasteiger partial charge in [-0.25, -0.2) is 9.97 Å². The van der Waals surface area contributed by atoms with E-state index in [1.165, 1.54) is 0 Å². The van der Waals surface area contributed by atoms with Gasteiger partial charge in [0.1, 0.15) is 11.6 Å². The van der Waals surface area contributed by atoms with E-state index in [4.69, 9.17) is 0 Å². The van der Waals surface area contributed by atoms with Crippen LogP contribution in [0.25, 0.3) is 5.82 Å². The molecule has 0 saturated heterocycles. The van der Waals surface area contributed by atoms with Gasteiger partial charge in [0.25, 0.3) is 0 Å². The van der Waals surface area contributed by atoms with Gasteiger partial charge in [-0.3, -0.25) is 14.5 Å². The molecule has 7 nitrogen and oxygen atoms in total. The molecule has 0 radical (unpaired) electrons. The van der Waals surface area contributed by atoms with Gasteiger partial charge >= 0.3 is 0 Å². The van der Waals surface area contributed by atoms with Gasteiger partial charge < -0.3 is 10.6 Å². The first-order valence-electron chi connectivity index (χ1n) is 8.06. The summed E-state index contributed by atoms with van der Waals surface area (Å²) < 4.78 is 1.95. The molecule has 3 heterocycles. The van der Waals surface area contributed by atoms with Crippen LogP contribution >= 0.6 is 24.0 Å². The van der Waals surface area contributed by atoms with Gasteiger partial charge in [-0.05, 0) is 30.7 Å². The highest BCUT2D eigenvalue weighted by Crippen LogP contribution is 2.08. The number of pyridine rings is 2. The number of rotatable bonds is 5. The highest BCUT2D eigenvalue weighted by Gasteiger charge is 2.03. The number of nitrogens with zero attached hydrogens (tertiary/aromatic N) is 5. The van der Waals surface area contributed by atoms with Crippen LogP contribution in [0.2, 0.25) is 0 Å². The van der Waals surface area contributed by atoms with Gasteiger partial charge in [0.15, 0.2) is 5.96 Å². The number of halogens is 1. The number of hydrogen-bond donors (Lipinski definition) is 2. The van der Waals surface area contributed by atoms with E-state index in [1.807, 2.05) is 54.2 Å². The first-order chi connectivity index (χ1) is 12.3. The van der Waals surface area contributed by atoms with Crippen molar-refractivity contribution in [1.29, 1.82) is 0 Å². The minimum absolute atomic E-state index is 0. The smallest absolute Gasteiger partial charge is 0.191 e. The Hall–Kier alpha value is -2.49. The van der Waals surface area contributed by atoms with E-state index in [1.54, 1.807) is 19.4 Å². The van der Waals surface area contributed by atoms with Gasteiger partial charge in [-0.15, -0.1) is 24.0 Å². The van der Waals surface area contributed by atoms with Crippen LogP contribution in [0.1, 0.15) is 17.1 Å². The Balaban J connectivity index is 0.00000243. The van der Waals surface area contributed by atoms with E-state index < -0.39 is 0 Å². The number of hydrogen-bond acceptors (Lipinski definition) is 4. The Bertz CT molecular complexity index is 828. The summed E-state index contributed by atoms with van der Waals surface area (Å²) >= 11 is 0. The third-order valence-corrected chi connectivity index (χ3v) is 3.73. The number of aromatic nitrogens is 4. The van der Waals surface area contributed by atoms with Crippen molar-refractivity contribution in [3.63, 3.8) is 0 Å². The molecule has 0 aliphatic carbocycles. The molecule has 3 aromatic rings. The van der Waals surface area contributed by atoms with E-state index in [9.17, 15) is 0 Å². The number of aryl methyl sites for hydroxylation is 1. The molecule has 2 N–H and O–H groups in total. The van der Waals surface area contributed by atoms with Crippen LogP contribution < -0.4 is 10.6 Å². The monoisotopic (exact) mass is 463 g/mol. The molecule has 0 bridgehead atoms. The molecular formula is C18H22IN7. The molecule has 3 rings (SSSR count). The first-order valence-corrected chi connectivity index (χ1v) is 8.06. The molecule has 0 aliphatic rings. The second-order valence-corrected chi connectivity index (χ2v) is 5.47. The largest absolute Gasteiger partial charge is 0.352 e. The molecule has 26 heavy (non-hydrogen) atoms. The number of nitrogens with one attached hydrogen (secondary N) is 2. The standard InChI is InChI=1S/C18H21N7.HI/c1-14-20-9-10-25(14)17-7-6-15(11-22-17)12-23-18(19-2)24-13-16-5-3-4-8-21-16;/h3-11H,12-13H2,1-2H3,(H2,19,23,24);1H. The van der Waals surface area contributed by atoms with E-state index >= 15 is 0 Å². The maximum Gasteiger partial charge on any atom is 0.191 e. The van der Waals surface area contributed by atoms with Crippen LogP contribution in [0, 0.1) is 6.92 Å². The predicted octanol–water partition coefficient (Wildman–Crippen LogP) is 2.45. The van der Waals surface area contributed by atoms with Crippen LogP contribution in [-0.4, -0.2) is 32.5 Å². The van der Waals surface area contributed by atoms with Crippen LogP contribution in [0.5, 0.6) is 0 Å². The lowest BCUT2D eigenvalue weighted by Crippen LogP contribution is -2.36. The fourth-order valence-electron chi connectivity index (χ4n) is 2.37. The maximum absolute atomic E-state index is 4.49. The lowest BCUT2D eigenvalue weighted by atomic mass is 10.3. The van der Waals surface area contributed by atoms with Crippen molar-refractivity contribution in [2.75, 3.05) is 7.05 Å². The van der Waals surface area contributed by atoms with Gasteiger partial charge in [0, 0.05) is 38.4 Å². The Morgan fingerprint density at radius 2 is 1.88 bits per heavy atom. The van der Waals surface area contributed by atoms with Crippen LogP contribution in [-0.2, 0) is 13.1 Å². The van der Waals surface area contributed by atoms with E-state index in [0.717, 1.165) is 28.9 Å². The first kappa shape index (κ1) is 19.8. The van der Waals surface area contributed by atoms with Gasteiger partial charge in [-0.2, -0.15) is 0 Å². The molecular weight excluding hydrogens is 441 g/mol. The molecule has 0 aliphatic heterocycles. The molecule has 0 aromatic carbocycles. The fraction of sp³-hybridized carbons (Fsp3) is 0.222. The molecule has 0 spiro atoms. The predicted molar refractivity (Wildman–Crippen MR) is 113 cm³/mol. The third kappa shape index (κ3) is 5.25. The summed E-state index contributed by atoms with van der Waals surface area (Å²) in [7, 11) is 1.75. The van der Waals surface area contributed by atoms with E-state index in [-0.39, 0.29) is 24.0 Å². The van der Waals surface area contributed by atoms with Crippen molar-refractivity contribution in [3.8, 4) is 5.82 Å². The summed E-state index contributed by atoms with van der Waals surface area (Å²) in [6.07, 6.45) is 7.30.